The molecule has 0 heterocycles. The molecule has 8 nitrogen and oxygen atoms in total. The molecule has 2 aromatic carbocycles. The number of nitrogen functional groups attached to an aromatic ring is 1. The van der Waals surface area contributed by atoms with Crippen LogP contribution in [-0.2, 0) is 16.1 Å². The van der Waals surface area contributed by atoms with Gasteiger partial charge < -0.3 is 30.0 Å². The molecular formula is C19H21ClN2O6. The minimum atomic E-state index is -0.675. The number of amides is 1. The monoisotopic (exact) mass is 408 g/mol. The van der Waals surface area contributed by atoms with Crippen molar-refractivity contribution in [3.63, 3.8) is 0 Å². The first-order valence-corrected chi connectivity index (χ1v) is 8.55. The molecule has 1 amide bonds. The number of carbonyl (C=O) groups is 2. The zero-order valence-electron chi connectivity index (χ0n) is 15.7. The molecule has 2 rings (SSSR count). The highest BCUT2D eigenvalue weighted by atomic mass is 35.5. The van der Waals surface area contributed by atoms with Crippen LogP contribution in [0.4, 0.5) is 5.69 Å². The molecule has 0 radical (unpaired) electrons. The molecule has 0 spiro atoms. The number of methoxy groups -OCH3 is 3. The maximum absolute atomic E-state index is 12.0. The number of anilines is 1. The molecule has 0 aliphatic rings. The summed E-state index contributed by atoms with van der Waals surface area (Å²) in [5, 5.41) is 2.99. The smallest absolute Gasteiger partial charge is 0.338 e. The lowest BCUT2D eigenvalue weighted by molar-refractivity contribution is -0.124. The molecular weight excluding hydrogens is 388 g/mol. The normalized spacial score (nSPS) is 10.1. The topological polar surface area (TPSA) is 109 Å². The highest BCUT2D eigenvalue weighted by molar-refractivity contribution is 6.33. The summed E-state index contributed by atoms with van der Waals surface area (Å²) in [7, 11) is 4.51. The number of nitrogens with one attached hydrogen (secondary N) is 1. The minimum absolute atomic E-state index is 0.182. The maximum Gasteiger partial charge on any atom is 0.338 e. The van der Waals surface area contributed by atoms with E-state index in [-0.39, 0.29) is 17.8 Å². The minimum Gasteiger partial charge on any atom is -0.493 e. The standard InChI is InChI=1S/C19H21ClN2O6/c1-25-15-6-11(7-16(26-2)18(15)27-3)9-22-17(23)10-28-19(24)12-4-5-13(20)14(21)8-12/h4-8H,9-10,21H2,1-3H3,(H,22,23). The summed E-state index contributed by atoms with van der Waals surface area (Å²) < 4.78 is 20.8. The van der Waals surface area contributed by atoms with Crippen LogP contribution in [0.2, 0.25) is 5.02 Å². The lowest BCUT2D eigenvalue weighted by Gasteiger charge is -2.14. The molecule has 0 saturated heterocycles. The van der Waals surface area contributed by atoms with Crippen LogP contribution in [0.3, 0.4) is 0 Å². The van der Waals surface area contributed by atoms with E-state index in [1.165, 1.54) is 39.5 Å². The van der Waals surface area contributed by atoms with E-state index in [2.05, 4.69) is 5.32 Å². The maximum atomic E-state index is 12.0. The van der Waals surface area contributed by atoms with E-state index < -0.39 is 18.5 Å². The summed E-state index contributed by atoms with van der Waals surface area (Å²) in [6, 6.07) is 7.76. The number of hydrogen-bond donors (Lipinski definition) is 2. The van der Waals surface area contributed by atoms with E-state index in [0.717, 1.165) is 5.56 Å². The van der Waals surface area contributed by atoms with Gasteiger partial charge in [0.25, 0.3) is 5.91 Å². The molecule has 2 aromatic rings. The first-order valence-electron chi connectivity index (χ1n) is 8.17. The molecule has 0 aromatic heterocycles. The number of carbonyl (C=O) groups excluding carboxylic acids is 2. The summed E-state index contributed by atoms with van der Waals surface area (Å²) in [4.78, 5) is 24.0. The quantitative estimate of drug-likeness (QED) is 0.510. The summed E-state index contributed by atoms with van der Waals surface area (Å²) in [6.45, 7) is -0.257. The Balaban J connectivity index is 1.93. The molecule has 0 saturated carbocycles. The van der Waals surface area contributed by atoms with Crippen LogP contribution >= 0.6 is 11.6 Å². The van der Waals surface area contributed by atoms with Crippen molar-refractivity contribution in [3.8, 4) is 17.2 Å². The first kappa shape index (κ1) is 21.2. The molecule has 28 heavy (non-hydrogen) atoms. The number of ether oxygens (including phenoxy) is 4. The van der Waals surface area contributed by atoms with Gasteiger partial charge in [-0.3, -0.25) is 4.79 Å². The van der Waals surface area contributed by atoms with E-state index >= 15 is 0 Å². The Kier molecular flexibility index (Phi) is 7.34. The van der Waals surface area contributed by atoms with Gasteiger partial charge in [0.2, 0.25) is 5.75 Å². The van der Waals surface area contributed by atoms with E-state index in [9.17, 15) is 9.59 Å². The van der Waals surface area contributed by atoms with Crippen molar-refractivity contribution in [1.82, 2.24) is 5.32 Å². The number of hydrogen-bond acceptors (Lipinski definition) is 7. The second kappa shape index (κ2) is 9.70. The average molecular weight is 409 g/mol. The summed E-state index contributed by atoms with van der Waals surface area (Å²) >= 11 is 5.81. The number of esters is 1. The van der Waals surface area contributed by atoms with E-state index in [1.807, 2.05) is 0 Å². The van der Waals surface area contributed by atoms with Gasteiger partial charge in [-0.1, -0.05) is 11.6 Å². The van der Waals surface area contributed by atoms with Gasteiger partial charge in [-0.15, -0.1) is 0 Å². The Bertz CT molecular complexity index is 846. The molecule has 9 heteroatoms. The van der Waals surface area contributed by atoms with Crippen LogP contribution in [0.1, 0.15) is 15.9 Å². The Labute approximate surface area is 167 Å². The lowest BCUT2D eigenvalue weighted by atomic mass is 10.1. The Morgan fingerprint density at radius 2 is 1.68 bits per heavy atom. The molecule has 0 unspecified atom stereocenters. The van der Waals surface area contributed by atoms with Crippen molar-refractivity contribution in [2.75, 3.05) is 33.7 Å². The summed E-state index contributed by atoms with van der Waals surface area (Å²) in [5.41, 5.74) is 6.83. The van der Waals surface area contributed by atoms with Crippen LogP contribution in [-0.4, -0.2) is 39.8 Å². The molecule has 0 bridgehead atoms. The molecule has 150 valence electrons. The predicted octanol–water partition coefficient (Wildman–Crippen LogP) is 2.42. The summed E-state index contributed by atoms with van der Waals surface area (Å²) in [5.74, 6) is 0.252. The van der Waals surface area contributed by atoms with Crippen molar-refractivity contribution < 1.29 is 28.5 Å². The van der Waals surface area contributed by atoms with Crippen LogP contribution in [0.5, 0.6) is 17.2 Å². The lowest BCUT2D eigenvalue weighted by Crippen LogP contribution is -2.28. The fourth-order valence-electron chi connectivity index (χ4n) is 2.37. The fraction of sp³-hybridized carbons (Fsp3) is 0.263. The second-order valence-corrected chi connectivity index (χ2v) is 6.03. The van der Waals surface area contributed by atoms with Crippen molar-refractivity contribution in [1.29, 1.82) is 0 Å². The van der Waals surface area contributed by atoms with Crippen LogP contribution < -0.4 is 25.3 Å². The Morgan fingerprint density at radius 1 is 1.04 bits per heavy atom. The molecule has 0 atom stereocenters. The van der Waals surface area contributed by atoms with Gasteiger partial charge in [-0.05, 0) is 35.9 Å². The van der Waals surface area contributed by atoms with Gasteiger partial charge >= 0.3 is 5.97 Å². The van der Waals surface area contributed by atoms with Crippen LogP contribution in [0.25, 0.3) is 0 Å². The zero-order chi connectivity index (χ0) is 20.7. The van der Waals surface area contributed by atoms with Gasteiger partial charge in [0, 0.05) is 6.54 Å². The summed E-state index contributed by atoms with van der Waals surface area (Å²) in [6.07, 6.45) is 0. The van der Waals surface area contributed by atoms with Gasteiger partial charge in [-0.25, -0.2) is 4.79 Å². The third kappa shape index (κ3) is 5.20. The molecule has 3 N–H and O–H groups in total. The highest BCUT2D eigenvalue weighted by Gasteiger charge is 2.15. The van der Waals surface area contributed by atoms with E-state index in [0.29, 0.717) is 22.3 Å². The fourth-order valence-corrected chi connectivity index (χ4v) is 2.49. The van der Waals surface area contributed by atoms with Crippen molar-refractivity contribution in [3.05, 3.63) is 46.5 Å². The number of nitrogens with two attached hydrogens (primary N) is 1. The SMILES string of the molecule is COc1cc(CNC(=O)COC(=O)c2ccc(Cl)c(N)c2)cc(OC)c1OC. The average Bonchev–Trinajstić information content (AvgIpc) is 2.71. The van der Waals surface area contributed by atoms with Crippen molar-refractivity contribution in [2.24, 2.45) is 0 Å². The number of rotatable bonds is 8. The largest absolute Gasteiger partial charge is 0.493 e. The van der Waals surface area contributed by atoms with E-state index in [1.54, 1.807) is 12.1 Å². The van der Waals surface area contributed by atoms with Crippen molar-refractivity contribution >= 4 is 29.2 Å². The van der Waals surface area contributed by atoms with Gasteiger partial charge in [0.15, 0.2) is 18.1 Å². The van der Waals surface area contributed by atoms with Gasteiger partial charge in [0.1, 0.15) is 0 Å². The molecule has 0 fully saturated rings. The van der Waals surface area contributed by atoms with Crippen LogP contribution in [0, 0.1) is 0 Å². The molecule has 0 aliphatic carbocycles. The van der Waals surface area contributed by atoms with Gasteiger partial charge in [0.05, 0.1) is 37.6 Å². The molecule has 0 aliphatic heterocycles. The van der Waals surface area contributed by atoms with E-state index in [4.69, 9.17) is 36.3 Å². The second-order valence-electron chi connectivity index (χ2n) is 5.62. The number of halogens is 1. The highest BCUT2D eigenvalue weighted by Crippen LogP contribution is 2.38. The van der Waals surface area contributed by atoms with Crippen molar-refractivity contribution in [2.45, 2.75) is 6.54 Å². The third-order valence-corrected chi connectivity index (χ3v) is 4.12. The van der Waals surface area contributed by atoms with Gasteiger partial charge in [-0.2, -0.15) is 0 Å². The van der Waals surface area contributed by atoms with Crippen LogP contribution in [0.15, 0.2) is 30.3 Å². The Morgan fingerprint density at radius 3 is 2.21 bits per heavy atom. The zero-order valence-corrected chi connectivity index (χ0v) is 16.5. The third-order valence-electron chi connectivity index (χ3n) is 3.78. The first-order chi connectivity index (χ1) is 13.4. The Hall–Kier alpha value is -3.13. The predicted molar refractivity (Wildman–Crippen MR) is 104 cm³/mol. The number of benzene rings is 2.